The van der Waals surface area contributed by atoms with Crippen LogP contribution in [-0.2, 0) is 16.0 Å². The van der Waals surface area contributed by atoms with E-state index in [2.05, 4.69) is 15.3 Å². The van der Waals surface area contributed by atoms with Gasteiger partial charge in [-0.3, -0.25) is 19.9 Å². The number of hydrogen-bond acceptors (Lipinski definition) is 4. The molecule has 1 fully saturated rings. The Hall–Kier alpha value is -3.74. The third-order valence-corrected chi connectivity index (χ3v) is 5.35. The lowest BCUT2D eigenvalue weighted by Crippen LogP contribution is -2.60. The molecule has 4 amide bonds. The Morgan fingerprint density at radius 3 is 2.60 bits per heavy atom. The van der Waals surface area contributed by atoms with Gasteiger partial charge in [0.25, 0.3) is 5.91 Å². The minimum Gasteiger partial charge on any atom is -0.361 e. The Balaban J connectivity index is 1.54. The number of aryl methyl sites for hydroxylation is 1. The SMILES string of the molecule is CC(=NCCc1c[nH]c2ccccc12)[C@@H]1C(=O)NC(=O)N(c2ccccc2C)C1=O. The average Bonchev–Trinajstić information content (AvgIpc) is 3.12. The van der Waals surface area contributed by atoms with E-state index in [9.17, 15) is 14.4 Å². The van der Waals surface area contributed by atoms with Gasteiger partial charge in [-0.25, -0.2) is 9.69 Å². The molecule has 7 heteroatoms. The number of anilines is 1. The van der Waals surface area contributed by atoms with Crippen molar-refractivity contribution in [2.45, 2.75) is 20.3 Å². The first-order chi connectivity index (χ1) is 14.5. The molecule has 0 bridgehead atoms. The fourth-order valence-corrected chi connectivity index (χ4v) is 3.77. The number of urea groups is 1. The van der Waals surface area contributed by atoms with E-state index in [0.29, 0.717) is 24.4 Å². The molecule has 2 N–H and O–H groups in total. The number of aromatic nitrogens is 1. The first-order valence-corrected chi connectivity index (χ1v) is 9.77. The summed E-state index contributed by atoms with van der Waals surface area (Å²) in [6.45, 7) is 3.90. The zero-order chi connectivity index (χ0) is 21.3. The smallest absolute Gasteiger partial charge is 0.335 e. The summed E-state index contributed by atoms with van der Waals surface area (Å²) in [5, 5.41) is 3.42. The molecule has 30 heavy (non-hydrogen) atoms. The zero-order valence-corrected chi connectivity index (χ0v) is 16.8. The third kappa shape index (κ3) is 3.50. The second-order valence-corrected chi connectivity index (χ2v) is 7.32. The standard InChI is InChI=1S/C23H22N4O3/c1-14-7-3-6-10-19(14)27-22(29)20(21(28)26-23(27)30)15(2)24-12-11-16-13-25-18-9-5-4-8-17(16)18/h3-10,13,20,25H,11-12H2,1-2H3,(H,26,28,30)/t20-/m1/s1. The second-order valence-electron chi connectivity index (χ2n) is 7.32. The van der Waals surface area contributed by atoms with Crippen molar-refractivity contribution in [2.75, 3.05) is 11.4 Å². The van der Waals surface area contributed by atoms with Crippen LogP contribution in [0.25, 0.3) is 10.9 Å². The number of nitrogens with zero attached hydrogens (tertiary/aromatic N) is 2. The van der Waals surface area contributed by atoms with Crippen LogP contribution in [0.15, 0.2) is 59.7 Å². The number of hydrogen-bond donors (Lipinski definition) is 2. The summed E-state index contributed by atoms with van der Waals surface area (Å²) in [5.41, 5.74) is 3.80. The van der Waals surface area contributed by atoms with Gasteiger partial charge in [0.1, 0.15) is 0 Å². The first kappa shape index (κ1) is 19.6. The van der Waals surface area contributed by atoms with Crippen molar-refractivity contribution in [3.8, 4) is 0 Å². The first-order valence-electron chi connectivity index (χ1n) is 9.77. The molecule has 0 radical (unpaired) electrons. The van der Waals surface area contributed by atoms with E-state index in [-0.39, 0.29) is 0 Å². The number of carbonyl (C=O) groups excluding carboxylic acids is 3. The van der Waals surface area contributed by atoms with Crippen molar-refractivity contribution < 1.29 is 14.4 Å². The molecule has 1 atom stereocenters. The maximum absolute atomic E-state index is 13.1. The second kappa shape index (κ2) is 7.94. The normalized spacial score (nSPS) is 17.5. The van der Waals surface area contributed by atoms with Crippen LogP contribution < -0.4 is 10.2 Å². The summed E-state index contributed by atoms with van der Waals surface area (Å²) in [4.78, 5) is 46.6. The predicted octanol–water partition coefficient (Wildman–Crippen LogP) is 3.38. The van der Waals surface area contributed by atoms with Crippen LogP contribution in [0.5, 0.6) is 0 Å². The Bertz CT molecular complexity index is 1180. The summed E-state index contributed by atoms with van der Waals surface area (Å²) in [5.74, 6) is -2.33. The Morgan fingerprint density at radius 2 is 1.80 bits per heavy atom. The molecule has 1 aliphatic heterocycles. The summed E-state index contributed by atoms with van der Waals surface area (Å²) < 4.78 is 0. The van der Waals surface area contributed by atoms with Crippen LogP contribution in [0.3, 0.4) is 0 Å². The molecule has 0 aliphatic carbocycles. The molecule has 3 aromatic rings. The zero-order valence-electron chi connectivity index (χ0n) is 16.8. The molecule has 4 rings (SSSR count). The number of barbiturate groups is 1. The van der Waals surface area contributed by atoms with Crippen molar-refractivity contribution in [3.05, 3.63) is 65.9 Å². The van der Waals surface area contributed by atoms with Gasteiger partial charge in [-0.05, 0) is 43.5 Å². The molecular weight excluding hydrogens is 380 g/mol. The highest BCUT2D eigenvalue weighted by Gasteiger charge is 2.43. The van der Waals surface area contributed by atoms with Gasteiger partial charge in [-0.2, -0.15) is 0 Å². The van der Waals surface area contributed by atoms with Crippen molar-refractivity contribution >= 4 is 40.1 Å². The lowest BCUT2D eigenvalue weighted by atomic mass is 9.98. The number of para-hydroxylation sites is 2. The molecule has 0 saturated carbocycles. The molecule has 1 aliphatic rings. The van der Waals surface area contributed by atoms with Crippen LogP contribution in [0.1, 0.15) is 18.1 Å². The lowest BCUT2D eigenvalue weighted by Gasteiger charge is -2.31. The third-order valence-electron chi connectivity index (χ3n) is 5.35. The quantitative estimate of drug-likeness (QED) is 0.506. The molecular formula is C23H22N4O3. The van der Waals surface area contributed by atoms with Crippen LogP contribution in [0.2, 0.25) is 0 Å². The number of carbonyl (C=O) groups is 3. The fourth-order valence-electron chi connectivity index (χ4n) is 3.77. The molecule has 2 heterocycles. The largest absolute Gasteiger partial charge is 0.361 e. The van der Waals surface area contributed by atoms with E-state index in [1.165, 1.54) is 0 Å². The van der Waals surface area contributed by atoms with E-state index in [4.69, 9.17) is 0 Å². The van der Waals surface area contributed by atoms with Crippen LogP contribution in [-0.4, -0.2) is 35.1 Å². The van der Waals surface area contributed by atoms with Crippen LogP contribution in [0, 0.1) is 12.8 Å². The number of nitrogens with one attached hydrogen (secondary N) is 2. The number of aliphatic imine (C=N–C) groups is 1. The van der Waals surface area contributed by atoms with Gasteiger partial charge >= 0.3 is 6.03 Å². The topological polar surface area (TPSA) is 94.6 Å². The number of H-pyrrole nitrogens is 1. The van der Waals surface area contributed by atoms with Crippen molar-refractivity contribution in [3.63, 3.8) is 0 Å². The molecule has 1 aromatic heterocycles. The van der Waals surface area contributed by atoms with Gasteiger partial charge in [0.2, 0.25) is 5.91 Å². The number of fused-ring (bicyclic) bond motifs is 1. The van der Waals surface area contributed by atoms with E-state index >= 15 is 0 Å². The maximum atomic E-state index is 13.1. The number of rotatable bonds is 5. The Kier molecular flexibility index (Phi) is 5.18. The maximum Gasteiger partial charge on any atom is 0.335 e. The summed E-state index contributed by atoms with van der Waals surface area (Å²) >= 11 is 0. The summed E-state index contributed by atoms with van der Waals surface area (Å²) in [6, 6.07) is 14.3. The van der Waals surface area contributed by atoms with Crippen molar-refractivity contribution in [1.82, 2.24) is 10.3 Å². The molecule has 1 saturated heterocycles. The number of amides is 4. The van der Waals surface area contributed by atoms with E-state index in [1.807, 2.05) is 49.5 Å². The van der Waals surface area contributed by atoms with Gasteiger partial charge in [-0.1, -0.05) is 36.4 Å². The van der Waals surface area contributed by atoms with Crippen molar-refractivity contribution in [2.24, 2.45) is 10.9 Å². The monoisotopic (exact) mass is 402 g/mol. The number of imide groups is 2. The van der Waals surface area contributed by atoms with Crippen LogP contribution in [0.4, 0.5) is 10.5 Å². The fraction of sp³-hybridized carbons (Fsp3) is 0.217. The van der Waals surface area contributed by atoms with Gasteiger partial charge in [0.05, 0.1) is 5.69 Å². The molecule has 7 nitrogen and oxygen atoms in total. The molecule has 0 spiro atoms. The minimum atomic E-state index is -1.12. The van der Waals surface area contributed by atoms with E-state index in [0.717, 1.165) is 26.9 Å². The Labute approximate surface area is 173 Å². The Morgan fingerprint density at radius 1 is 1.07 bits per heavy atom. The molecule has 0 unspecified atom stereocenters. The highest BCUT2D eigenvalue weighted by atomic mass is 16.2. The van der Waals surface area contributed by atoms with Gasteiger partial charge < -0.3 is 4.98 Å². The van der Waals surface area contributed by atoms with Crippen molar-refractivity contribution in [1.29, 1.82) is 0 Å². The predicted molar refractivity (Wildman–Crippen MR) is 116 cm³/mol. The minimum absolute atomic E-state index is 0.392. The van der Waals surface area contributed by atoms with Gasteiger partial charge in [0, 0.05) is 29.4 Å². The highest BCUT2D eigenvalue weighted by Crippen LogP contribution is 2.25. The summed E-state index contributed by atoms with van der Waals surface area (Å²) in [6.07, 6.45) is 2.62. The highest BCUT2D eigenvalue weighted by molar-refractivity contribution is 6.35. The lowest BCUT2D eigenvalue weighted by molar-refractivity contribution is -0.131. The van der Waals surface area contributed by atoms with Crippen LogP contribution >= 0.6 is 0 Å². The number of benzene rings is 2. The van der Waals surface area contributed by atoms with E-state index in [1.54, 1.807) is 19.1 Å². The molecule has 152 valence electrons. The average molecular weight is 402 g/mol. The van der Waals surface area contributed by atoms with Gasteiger partial charge in [0.15, 0.2) is 5.92 Å². The number of aromatic amines is 1. The summed E-state index contributed by atoms with van der Waals surface area (Å²) in [7, 11) is 0. The van der Waals surface area contributed by atoms with Gasteiger partial charge in [-0.15, -0.1) is 0 Å². The molecule has 2 aromatic carbocycles. The van der Waals surface area contributed by atoms with E-state index < -0.39 is 23.8 Å².